The molecule has 0 aliphatic rings. The fourth-order valence-corrected chi connectivity index (χ4v) is 3.46. The Morgan fingerprint density at radius 1 is 1.45 bits per heavy atom. The van der Waals surface area contributed by atoms with Gasteiger partial charge in [0, 0.05) is 15.3 Å². The van der Waals surface area contributed by atoms with E-state index in [9.17, 15) is 4.79 Å². The summed E-state index contributed by atoms with van der Waals surface area (Å²) < 4.78 is 0. The molecule has 0 saturated heterocycles. The third-order valence-corrected chi connectivity index (χ3v) is 4.88. The Bertz CT molecular complexity index is 654. The summed E-state index contributed by atoms with van der Waals surface area (Å²) in [4.78, 5) is 15.1. The van der Waals surface area contributed by atoms with Crippen molar-refractivity contribution in [2.75, 3.05) is 6.61 Å². The number of hydrogen-bond donors (Lipinski definition) is 2. The van der Waals surface area contributed by atoms with Gasteiger partial charge in [-0.25, -0.2) is 0 Å². The van der Waals surface area contributed by atoms with E-state index in [1.54, 1.807) is 17.4 Å². The Morgan fingerprint density at radius 2 is 2.25 bits per heavy atom. The number of amides is 1. The van der Waals surface area contributed by atoms with E-state index in [4.69, 9.17) is 5.11 Å². The van der Waals surface area contributed by atoms with Crippen LogP contribution in [0.5, 0.6) is 0 Å². The third-order valence-electron chi connectivity index (χ3n) is 2.81. The van der Waals surface area contributed by atoms with E-state index in [1.165, 1.54) is 21.8 Å². The average molecular weight is 305 g/mol. The van der Waals surface area contributed by atoms with Gasteiger partial charge in [-0.15, -0.1) is 22.7 Å². The van der Waals surface area contributed by atoms with Crippen LogP contribution in [0.25, 0.3) is 0 Å². The first-order valence-corrected chi connectivity index (χ1v) is 7.82. The molecule has 1 amide bonds. The lowest BCUT2D eigenvalue weighted by Crippen LogP contribution is -2.22. The number of carbonyl (C=O) groups is 1. The fraction of sp³-hybridized carbons (Fsp3) is 0.267. The number of aliphatic hydroxyl groups is 1. The van der Waals surface area contributed by atoms with Gasteiger partial charge in [0.2, 0.25) is 0 Å². The molecule has 2 heterocycles. The van der Waals surface area contributed by atoms with E-state index < -0.39 is 0 Å². The third kappa shape index (κ3) is 3.48. The monoisotopic (exact) mass is 305 g/mol. The Hall–Kier alpha value is -1.61. The number of thiophene rings is 2. The molecule has 0 spiro atoms. The van der Waals surface area contributed by atoms with Gasteiger partial charge in [0.1, 0.15) is 11.5 Å². The minimum Gasteiger partial charge on any atom is -0.384 e. The second-order valence-corrected chi connectivity index (χ2v) is 6.51. The highest BCUT2D eigenvalue weighted by molar-refractivity contribution is 7.12. The molecule has 0 bridgehead atoms. The Labute approximate surface area is 126 Å². The van der Waals surface area contributed by atoms with Crippen molar-refractivity contribution in [2.24, 2.45) is 0 Å². The lowest BCUT2D eigenvalue weighted by atomic mass is 10.2. The van der Waals surface area contributed by atoms with Gasteiger partial charge in [0.25, 0.3) is 5.91 Å². The van der Waals surface area contributed by atoms with Crippen LogP contribution in [0.1, 0.15) is 30.6 Å². The zero-order valence-electron chi connectivity index (χ0n) is 11.3. The van der Waals surface area contributed by atoms with Crippen molar-refractivity contribution in [2.45, 2.75) is 20.4 Å². The van der Waals surface area contributed by atoms with Crippen molar-refractivity contribution in [1.29, 1.82) is 0 Å². The highest BCUT2D eigenvalue weighted by Crippen LogP contribution is 2.21. The Kier molecular flexibility index (Phi) is 4.96. The summed E-state index contributed by atoms with van der Waals surface area (Å²) in [6.45, 7) is 4.47. The summed E-state index contributed by atoms with van der Waals surface area (Å²) in [5.74, 6) is 5.23. The summed E-state index contributed by atoms with van der Waals surface area (Å²) >= 11 is 3.06. The van der Waals surface area contributed by atoms with Crippen LogP contribution in [0.4, 0.5) is 0 Å². The van der Waals surface area contributed by atoms with E-state index in [0.717, 1.165) is 4.88 Å². The van der Waals surface area contributed by atoms with Crippen LogP contribution >= 0.6 is 22.7 Å². The van der Waals surface area contributed by atoms with Crippen molar-refractivity contribution in [3.8, 4) is 11.8 Å². The van der Waals surface area contributed by atoms with Crippen LogP contribution in [0.2, 0.25) is 0 Å². The molecular formula is C15H15NO2S2. The summed E-state index contributed by atoms with van der Waals surface area (Å²) in [5.41, 5.74) is 1.92. The molecule has 0 aliphatic carbocycles. The molecule has 0 atom stereocenters. The Balaban J connectivity index is 2.03. The number of nitrogens with one attached hydrogen (secondary N) is 1. The van der Waals surface area contributed by atoms with Gasteiger partial charge in [-0.1, -0.05) is 11.8 Å². The number of carbonyl (C=O) groups excluding carboxylic acids is 1. The predicted octanol–water partition coefficient (Wildman–Crippen LogP) is 2.70. The van der Waals surface area contributed by atoms with E-state index in [1.807, 2.05) is 5.38 Å². The quantitative estimate of drug-likeness (QED) is 0.857. The zero-order valence-corrected chi connectivity index (χ0v) is 13.0. The van der Waals surface area contributed by atoms with Crippen LogP contribution in [0, 0.1) is 25.7 Å². The van der Waals surface area contributed by atoms with Crippen LogP contribution in [-0.4, -0.2) is 17.6 Å². The predicted molar refractivity (Wildman–Crippen MR) is 83.2 cm³/mol. The van der Waals surface area contributed by atoms with Crippen LogP contribution in [0.3, 0.4) is 0 Å². The first-order valence-electron chi connectivity index (χ1n) is 6.13. The van der Waals surface area contributed by atoms with Gasteiger partial charge >= 0.3 is 0 Å². The standard InChI is InChI=1S/C15H15NO2S2/c1-10-8-13(20-11(10)2)9-16-15(18)14-12(4-3-6-17)5-7-19-14/h5,7-8,17H,6,9H2,1-2H3,(H,16,18). The minimum absolute atomic E-state index is 0.119. The fourth-order valence-electron chi connectivity index (χ4n) is 1.70. The van der Waals surface area contributed by atoms with E-state index in [-0.39, 0.29) is 12.5 Å². The Morgan fingerprint density at radius 3 is 2.90 bits per heavy atom. The number of aliphatic hydroxyl groups excluding tert-OH is 1. The van der Waals surface area contributed by atoms with Crippen molar-refractivity contribution >= 4 is 28.6 Å². The van der Waals surface area contributed by atoms with E-state index in [2.05, 4.69) is 37.1 Å². The largest absolute Gasteiger partial charge is 0.384 e. The molecule has 0 aliphatic heterocycles. The molecule has 2 aromatic rings. The zero-order chi connectivity index (χ0) is 14.5. The van der Waals surface area contributed by atoms with Gasteiger partial charge in [-0.05, 0) is 36.9 Å². The normalized spacial score (nSPS) is 9.95. The first kappa shape index (κ1) is 14.8. The minimum atomic E-state index is -0.204. The lowest BCUT2D eigenvalue weighted by molar-refractivity contribution is 0.0955. The van der Waals surface area contributed by atoms with Crippen molar-refractivity contribution in [3.63, 3.8) is 0 Å². The van der Waals surface area contributed by atoms with Crippen molar-refractivity contribution < 1.29 is 9.90 Å². The average Bonchev–Trinajstić information content (AvgIpc) is 3.01. The number of rotatable bonds is 3. The first-order chi connectivity index (χ1) is 9.61. The number of aryl methyl sites for hydroxylation is 2. The highest BCUT2D eigenvalue weighted by Gasteiger charge is 2.12. The summed E-state index contributed by atoms with van der Waals surface area (Å²) in [5, 5.41) is 13.4. The van der Waals surface area contributed by atoms with Crippen molar-refractivity contribution in [3.05, 3.63) is 43.3 Å². The molecule has 0 fully saturated rings. The summed E-state index contributed by atoms with van der Waals surface area (Å²) in [6, 6.07) is 3.89. The molecule has 2 aromatic heterocycles. The molecule has 2 N–H and O–H groups in total. The molecule has 2 rings (SSSR count). The van der Waals surface area contributed by atoms with E-state index in [0.29, 0.717) is 17.0 Å². The maximum Gasteiger partial charge on any atom is 0.262 e. The molecule has 104 valence electrons. The van der Waals surface area contributed by atoms with Crippen LogP contribution in [0.15, 0.2) is 17.5 Å². The molecule has 3 nitrogen and oxygen atoms in total. The summed E-state index contributed by atoms with van der Waals surface area (Å²) in [6.07, 6.45) is 0. The van der Waals surface area contributed by atoms with Gasteiger partial charge in [-0.3, -0.25) is 4.79 Å². The molecule has 5 heteroatoms. The van der Waals surface area contributed by atoms with Gasteiger partial charge in [0.05, 0.1) is 6.54 Å². The van der Waals surface area contributed by atoms with Crippen LogP contribution in [-0.2, 0) is 6.54 Å². The lowest BCUT2D eigenvalue weighted by Gasteiger charge is -2.02. The van der Waals surface area contributed by atoms with Gasteiger partial charge < -0.3 is 10.4 Å². The van der Waals surface area contributed by atoms with Gasteiger partial charge in [0.15, 0.2) is 0 Å². The SMILES string of the molecule is Cc1cc(CNC(=O)c2sccc2C#CCO)sc1C. The molecule has 0 aromatic carbocycles. The molecule has 0 radical (unpaired) electrons. The van der Waals surface area contributed by atoms with Crippen LogP contribution < -0.4 is 5.32 Å². The molecular weight excluding hydrogens is 290 g/mol. The highest BCUT2D eigenvalue weighted by atomic mass is 32.1. The summed E-state index contributed by atoms with van der Waals surface area (Å²) in [7, 11) is 0. The smallest absolute Gasteiger partial charge is 0.262 e. The topological polar surface area (TPSA) is 49.3 Å². The second kappa shape index (κ2) is 6.71. The molecule has 0 unspecified atom stereocenters. The molecule has 20 heavy (non-hydrogen) atoms. The number of hydrogen-bond acceptors (Lipinski definition) is 4. The van der Waals surface area contributed by atoms with Gasteiger partial charge in [-0.2, -0.15) is 0 Å². The maximum atomic E-state index is 12.1. The maximum absolute atomic E-state index is 12.1. The van der Waals surface area contributed by atoms with E-state index >= 15 is 0 Å². The second-order valence-electron chi connectivity index (χ2n) is 4.26. The molecule has 0 saturated carbocycles. The van der Waals surface area contributed by atoms with Crippen molar-refractivity contribution in [1.82, 2.24) is 5.32 Å².